The quantitative estimate of drug-likeness (QED) is 0.780. The van der Waals surface area contributed by atoms with Crippen LogP contribution in [0.4, 0.5) is 0 Å². The molecule has 2 aliphatic rings. The number of hydrogen-bond donors (Lipinski definition) is 3. The molecule has 0 aromatic carbocycles. The second-order valence-electron chi connectivity index (χ2n) is 7.31. The fourth-order valence-electron chi connectivity index (χ4n) is 4.26. The minimum atomic E-state index is -0.711. The molecule has 0 spiro atoms. The summed E-state index contributed by atoms with van der Waals surface area (Å²) < 4.78 is 1.86. The van der Waals surface area contributed by atoms with Crippen LogP contribution in [0, 0.1) is 6.92 Å². The zero-order valence-corrected chi connectivity index (χ0v) is 14.8. The molecule has 0 radical (unpaired) electrons. The first kappa shape index (κ1) is 16.8. The number of aliphatic hydroxyl groups excluding tert-OH is 1. The Morgan fingerprint density at radius 2 is 1.96 bits per heavy atom. The maximum Gasteiger partial charge on any atom is 0.251 e. The smallest absolute Gasteiger partial charge is 0.251 e. The lowest BCUT2D eigenvalue weighted by molar-refractivity contribution is -0.00937. The molecule has 7 nitrogen and oxygen atoms in total. The van der Waals surface area contributed by atoms with Crippen LogP contribution in [-0.4, -0.2) is 50.8 Å². The third-order valence-electron chi connectivity index (χ3n) is 5.62. The molecule has 0 amide bonds. The van der Waals surface area contributed by atoms with Crippen LogP contribution < -0.4 is 10.9 Å². The van der Waals surface area contributed by atoms with E-state index < -0.39 is 6.23 Å². The van der Waals surface area contributed by atoms with Crippen molar-refractivity contribution in [1.82, 2.24) is 24.8 Å². The molecular weight excluding hydrogens is 318 g/mol. The van der Waals surface area contributed by atoms with Crippen LogP contribution in [0.3, 0.4) is 0 Å². The zero-order chi connectivity index (χ0) is 17.4. The summed E-state index contributed by atoms with van der Waals surface area (Å²) in [5.41, 5.74) is 3.02. The highest BCUT2D eigenvalue weighted by Gasteiger charge is 2.28. The SMILES string of the molecule is Cc1nn2c(C3CCNCC3)cc(=O)[nH]c2c1C(O)N1CCCCC1. The standard InChI is InChI=1S/C18H27N5O2/c1-12-16(18(25)22-9-3-2-4-10-22)17-20-15(24)11-14(23(17)21-12)13-5-7-19-8-6-13/h11,13,18-19,25H,2-10H2,1H3,(H,20,24). The van der Waals surface area contributed by atoms with Crippen molar-refractivity contribution in [2.75, 3.05) is 26.2 Å². The molecule has 1 atom stereocenters. The summed E-state index contributed by atoms with van der Waals surface area (Å²) in [6, 6.07) is 1.67. The molecule has 136 valence electrons. The Morgan fingerprint density at radius 3 is 2.68 bits per heavy atom. The van der Waals surface area contributed by atoms with Crippen molar-refractivity contribution in [3.05, 3.63) is 33.4 Å². The number of aromatic amines is 1. The van der Waals surface area contributed by atoms with E-state index in [-0.39, 0.29) is 5.56 Å². The van der Waals surface area contributed by atoms with Crippen LogP contribution in [0.2, 0.25) is 0 Å². The van der Waals surface area contributed by atoms with Crippen molar-refractivity contribution in [1.29, 1.82) is 0 Å². The number of H-pyrrole nitrogens is 1. The van der Waals surface area contributed by atoms with Gasteiger partial charge in [-0.15, -0.1) is 0 Å². The van der Waals surface area contributed by atoms with Crippen LogP contribution in [0.5, 0.6) is 0 Å². The van der Waals surface area contributed by atoms with Gasteiger partial charge in [0.05, 0.1) is 17.0 Å². The molecule has 4 rings (SSSR count). The van der Waals surface area contributed by atoms with Crippen molar-refractivity contribution in [2.45, 2.75) is 51.2 Å². The third-order valence-corrected chi connectivity index (χ3v) is 5.62. The first-order chi connectivity index (χ1) is 12.1. The highest BCUT2D eigenvalue weighted by molar-refractivity contribution is 5.52. The number of aromatic nitrogens is 3. The van der Waals surface area contributed by atoms with Gasteiger partial charge in [-0.2, -0.15) is 5.10 Å². The monoisotopic (exact) mass is 345 g/mol. The van der Waals surface area contributed by atoms with Crippen molar-refractivity contribution in [3.8, 4) is 0 Å². The summed E-state index contributed by atoms with van der Waals surface area (Å²) >= 11 is 0. The van der Waals surface area contributed by atoms with Gasteiger partial charge in [0.2, 0.25) is 0 Å². The van der Waals surface area contributed by atoms with Gasteiger partial charge < -0.3 is 15.4 Å². The fraction of sp³-hybridized carbons (Fsp3) is 0.667. The molecule has 0 bridgehead atoms. The van der Waals surface area contributed by atoms with E-state index in [2.05, 4.69) is 20.3 Å². The van der Waals surface area contributed by atoms with Gasteiger partial charge in [-0.05, 0) is 45.7 Å². The van der Waals surface area contributed by atoms with E-state index in [0.717, 1.165) is 68.8 Å². The lowest BCUT2D eigenvalue weighted by Gasteiger charge is -2.31. The second-order valence-corrected chi connectivity index (χ2v) is 7.31. The minimum Gasteiger partial charge on any atom is -0.374 e. The number of piperidine rings is 2. The predicted molar refractivity (Wildman–Crippen MR) is 95.8 cm³/mol. The zero-order valence-electron chi connectivity index (χ0n) is 14.8. The maximum absolute atomic E-state index is 12.3. The van der Waals surface area contributed by atoms with Gasteiger partial charge in [-0.1, -0.05) is 6.42 Å². The van der Waals surface area contributed by atoms with Gasteiger partial charge >= 0.3 is 0 Å². The Balaban J connectivity index is 1.79. The van der Waals surface area contributed by atoms with Crippen molar-refractivity contribution >= 4 is 5.65 Å². The van der Waals surface area contributed by atoms with E-state index in [1.807, 2.05) is 11.4 Å². The van der Waals surface area contributed by atoms with Crippen LogP contribution in [0.25, 0.3) is 5.65 Å². The third kappa shape index (κ3) is 3.12. The first-order valence-electron chi connectivity index (χ1n) is 9.40. The molecule has 4 heterocycles. The van der Waals surface area contributed by atoms with Gasteiger partial charge in [-0.3, -0.25) is 9.69 Å². The van der Waals surface area contributed by atoms with Crippen molar-refractivity contribution < 1.29 is 5.11 Å². The van der Waals surface area contributed by atoms with Crippen molar-refractivity contribution in [2.24, 2.45) is 0 Å². The summed E-state index contributed by atoms with van der Waals surface area (Å²) in [6.07, 6.45) is 4.71. The molecule has 7 heteroatoms. The lowest BCUT2D eigenvalue weighted by Crippen LogP contribution is -2.34. The molecule has 2 fully saturated rings. The predicted octanol–water partition coefficient (Wildman–Crippen LogP) is 1.27. The van der Waals surface area contributed by atoms with Gasteiger partial charge in [0.1, 0.15) is 11.9 Å². The Morgan fingerprint density at radius 1 is 1.24 bits per heavy atom. The first-order valence-corrected chi connectivity index (χ1v) is 9.40. The minimum absolute atomic E-state index is 0.118. The average molecular weight is 345 g/mol. The normalized spacial score (nSPS) is 21.7. The van der Waals surface area contributed by atoms with E-state index in [0.29, 0.717) is 11.6 Å². The lowest BCUT2D eigenvalue weighted by atomic mass is 9.94. The second kappa shape index (κ2) is 6.90. The molecule has 2 aromatic rings. The van der Waals surface area contributed by atoms with Crippen LogP contribution in [-0.2, 0) is 0 Å². The van der Waals surface area contributed by atoms with Crippen molar-refractivity contribution in [3.63, 3.8) is 0 Å². The number of nitrogens with zero attached hydrogens (tertiary/aromatic N) is 3. The van der Waals surface area contributed by atoms with E-state index in [9.17, 15) is 9.90 Å². The summed E-state index contributed by atoms with van der Waals surface area (Å²) in [5, 5.41) is 19.0. The molecular formula is C18H27N5O2. The van der Waals surface area contributed by atoms with E-state index >= 15 is 0 Å². The molecule has 0 saturated carbocycles. The number of aliphatic hydroxyl groups is 1. The Kier molecular flexibility index (Phi) is 4.62. The van der Waals surface area contributed by atoms with Gasteiger partial charge in [0.25, 0.3) is 5.56 Å². The Labute approximate surface area is 147 Å². The Bertz CT molecular complexity index is 800. The molecule has 25 heavy (non-hydrogen) atoms. The van der Waals surface area contributed by atoms with E-state index in [4.69, 9.17) is 0 Å². The number of nitrogens with one attached hydrogen (secondary N) is 2. The fourth-order valence-corrected chi connectivity index (χ4v) is 4.26. The summed E-state index contributed by atoms with van der Waals surface area (Å²) in [5.74, 6) is 0.324. The molecule has 0 aliphatic carbocycles. The van der Waals surface area contributed by atoms with E-state index in [1.54, 1.807) is 6.07 Å². The van der Waals surface area contributed by atoms with Crippen LogP contribution in [0.1, 0.15) is 61.2 Å². The topological polar surface area (TPSA) is 85.7 Å². The molecule has 2 saturated heterocycles. The summed E-state index contributed by atoms with van der Waals surface area (Å²) in [4.78, 5) is 17.3. The largest absolute Gasteiger partial charge is 0.374 e. The summed E-state index contributed by atoms with van der Waals surface area (Å²) in [6.45, 7) is 5.61. The molecule has 2 aliphatic heterocycles. The molecule has 1 unspecified atom stereocenters. The van der Waals surface area contributed by atoms with Crippen LogP contribution in [0.15, 0.2) is 10.9 Å². The number of hydrogen-bond acceptors (Lipinski definition) is 5. The molecule has 3 N–H and O–H groups in total. The van der Waals surface area contributed by atoms with Crippen LogP contribution >= 0.6 is 0 Å². The van der Waals surface area contributed by atoms with Gasteiger partial charge in [-0.25, -0.2) is 4.52 Å². The van der Waals surface area contributed by atoms with Gasteiger partial charge in [0.15, 0.2) is 0 Å². The molecule has 2 aromatic heterocycles. The number of fused-ring (bicyclic) bond motifs is 1. The highest BCUT2D eigenvalue weighted by Crippen LogP contribution is 2.30. The number of likely N-dealkylation sites (tertiary alicyclic amines) is 1. The number of rotatable bonds is 3. The van der Waals surface area contributed by atoms with Gasteiger partial charge in [0, 0.05) is 25.1 Å². The van der Waals surface area contributed by atoms with E-state index in [1.165, 1.54) is 6.42 Å². The average Bonchev–Trinajstić information content (AvgIpc) is 2.97. The Hall–Kier alpha value is -1.70. The number of aryl methyl sites for hydroxylation is 1. The highest BCUT2D eigenvalue weighted by atomic mass is 16.3. The summed E-state index contributed by atoms with van der Waals surface area (Å²) in [7, 11) is 0. The maximum atomic E-state index is 12.3.